The number of benzene rings is 1. The lowest BCUT2D eigenvalue weighted by Crippen LogP contribution is -2.31. The molecule has 1 aromatic carbocycles. The fourth-order valence-corrected chi connectivity index (χ4v) is 5.36. The molecule has 5 heteroatoms. The SMILES string of the molecule is CCCCCC(=O)/C=C/[C@@H]1[C@H]2CC3(C[C@H]2C[C@H]1OC(=O)c1ccccc1)OCCO3. The number of ketones is 1. The zero-order valence-corrected chi connectivity index (χ0v) is 17.8. The van der Waals surface area contributed by atoms with Crippen LogP contribution >= 0.6 is 0 Å². The molecule has 2 saturated carbocycles. The molecule has 0 unspecified atom stereocenters. The van der Waals surface area contributed by atoms with Gasteiger partial charge in [-0.25, -0.2) is 4.79 Å². The van der Waals surface area contributed by atoms with E-state index in [2.05, 4.69) is 6.92 Å². The predicted octanol–water partition coefficient (Wildman–Crippen LogP) is 4.71. The Balaban J connectivity index is 1.46. The summed E-state index contributed by atoms with van der Waals surface area (Å²) in [5.41, 5.74) is 0.562. The zero-order valence-electron chi connectivity index (χ0n) is 17.8. The van der Waals surface area contributed by atoms with Crippen LogP contribution in [0.3, 0.4) is 0 Å². The van der Waals surface area contributed by atoms with Crippen LogP contribution in [0.4, 0.5) is 0 Å². The van der Waals surface area contributed by atoms with Crippen molar-refractivity contribution in [2.75, 3.05) is 13.2 Å². The average molecular weight is 413 g/mol. The smallest absolute Gasteiger partial charge is 0.338 e. The molecule has 3 aliphatic rings. The lowest BCUT2D eigenvalue weighted by molar-refractivity contribution is -0.157. The van der Waals surface area contributed by atoms with Gasteiger partial charge in [-0.15, -0.1) is 0 Å². The van der Waals surface area contributed by atoms with Crippen LogP contribution in [0, 0.1) is 17.8 Å². The van der Waals surface area contributed by atoms with E-state index < -0.39 is 5.79 Å². The summed E-state index contributed by atoms with van der Waals surface area (Å²) in [7, 11) is 0. The average Bonchev–Trinajstić information content (AvgIpc) is 3.43. The molecule has 0 radical (unpaired) electrons. The highest BCUT2D eigenvalue weighted by atomic mass is 16.7. The molecule has 1 saturated heterocycles. The fourth-order valence-electron chi connectivity index (χ4n) is 5.36. The van der Waals surface area contributed by atoms with Crippen molar-refractivity contribution >= 4 is 11.8 Å². The first-order valence-corrected chi connectivity index (χ1v) is 11.4. The maximum atomic E-state index is 12.7. The van der Waals surface area contributed by atoms with Gasteiger partial charge in [0.15, 0.2) is 11.6 Å². The summed E-state index contributed by atoms with van der Waals surface area (Å²) in [6.07, 6.45) is 9.60. The second-order valence-corrected chi connectivity index (χ2v) is 8.85. The predicted molar refractivity (Wildman–Crippen MR) is 113 cm³/mol. The first kappa shape index (κ1) is 21.3. The number of esters is 1. The Labute approximate surface area is 178 Å². The number of rotatable bonds is 8. The summed E-state index contributed by atoms with van der Waals surface area (Å²) in [6, 6.07) is 9.11. The number of ether oxygens (including phenoxy) is 3. The van der Waals surface area contributed by atoms with Crippen molar-refractivity contribution in [2.24, 2.45) is 17.8 Å². The summed E-state index contributed by atoms with van der Waals surface area (Å²) in [6.45, 7) is 3.42. The number of allylic oxidation sites excluding steroid dienone is 1. The van der Waals surface area contributed by atoms with Crippen LogP contribution < -0.4 is 0 Å². The molecular formula is C25H32O5. The first-order valence-electron chi connectivity index (χ1n) is 11.4. The van der Waals surface area contributed by atoms with E-state index in [0.717, 1.165) is 38.5 Å². The number of hydrogen-bond donors (Lipinski definition) is 0. The molecular weight excluding hydrogens is 380 g/mol. The van der Waals surface area contributed by atoms with Crippen LogP contribution in [-0.4, -0.2) is 36.9 Å². The Bertz CT molecular complexity index is 765. The first-order chi connectivity index (χ1) is 14.6. The van der Waals surface area contributed by atoms with Crippen molar-refractivity contribution in [3.63, 3.8) is 0 Å². The number of hydrogen-bond acceptors (Lipinski definition) is 5. The van der Waals surface area contributed by atoms with Gasteiger partial charge in [-0.3, -0.25) is 4.79 Å². The van der Waals surface area contributed by atoms with Gasteiger partial charge in [0.2, 0.25) is 0 Å². The van der Waals surface area contributed by atoms with Crippen molar-refractivity contribution in [3.05, 3.63) is 48.0 Å². The van der Waals surface area contributed by atoms with Crippen LogP contribution in [-0.2, 0) is 19.0 Å². The van der Waals surface area contributed by atoms with E-state index in [0.29, 0.717) is 37.0 Å². The van der Waals surface area contributed by atoms with Crippen LogP contribution in [0.15, 0.2) is 42.5 Å². The molecule has 0 N–H and O–H groups in total. The molecule has 4 rings (SSSR count). The van der Waals surface area contributed by atoms with Crippen LogP contribution in [0.2, 0.25) is 0 Å². The summed E-state index contributed by atoms with van der Waals surface area (Å²) < 4.78 is 17.8. The molecule has 3 fully saturated rings. The van der Waals surface area contributed by atoms with Crippen molar-refractivity contribution in [1.29, 1.82) is 0 Å². The van der Waals surface area contributed by atoms with Gasteiger partial charge in [-0.1, -0.05) is 44.0 Å². The van der Waals surface area contributed by atoms with Gasteiger partial charge in [0, 0.05) is 25.2 Å². The number of fused-ring (bicyclic) bond motifs is 1. The second kappa shape index (κ2) is 9.44. The molecule has 162 valence electrons. The fraction of sp³-hybridized carbons (Fsp3) is 0.600. The van der Waals surface area contributed by atoms with Crippen LogP contribution in [0.1, 0.15) is 62.2 Å². The Morgan fingerprint density at radius 2 is 1.90 bits per heavy atom. The number of carbonyl (C=O) groups excluding carboxylic acids is 2. The minimum atomic E-state index is -0.471. The summed E-state index contributed by atoms with van der Waals surface area (Å²) in [4.78, 5) is 25.0. The summed E-state index contributed by atoms with van der Waals surface area (Å²) >= 11 is 0. The zero-order chi connectivity index (χ0) is 21.0. The van der Waals surface area contributed by atoms with Gasteiger partial charge in [0.05, 0.1) is 18.8 Å². The lowest BCUT2D eigenvalue weighted by Gasteiger charge is -2.26. The molecule has 5 nitrogen and oxygen atoms in total. The standard InChI is InChI=1S/C25H32O5/c1-2-3-5-10-20(26)11-12-21-22-17-25(28-13-14-29-25)16-19(22)15-23(21)30-24(27)18-8-6-4-7-9-18/h4,6-9,11-12,19,21-23H,2-3,5,10,13-17H2,1H3/b12-11+/t19-,21-,22+,23-/m1/s1. The van der Waals surface area contributed by atoms with Crippen molar-refractivity contribution in [3.8, 4) is 0 Å². The highest BCUT2D eigenvalue weighted by molar-refractivity contribution is 5.90. The molecule has 1 heterocycles. The Kier molecular flexibility index (Phi) is 6.69. The molecule has 1 aromatic rings. The third-order valence-corrected chi connectivity index (χ3v) is 6.80. The van der Waals surface area contributed by atoms with E-state index in [1.54, 1.807) is 18.2 Å². The van der Waals surface area contributed by atoms with E-state index in [9.17, 15) is 9.59 Å². The van der Waals surface area contributed by atoms with E-state index in [4.69, 9.17) is 14.2 Å². The highest BCUT2D eigenvalue weighted by Gasteiger charge is 2.57. The third-order valence-electron chi connectivity index (χ3n) is 6.80. The van der Waals surface area contributed by atoms with Gasteiger partial charge >= 0.3 is 5.97 Å². The minimum Gasteiger partial charge on any atom is -0.458 e. The molecule has 1 spiro atoms. The molecule has 0 amide bonds. The lowest BCUT2D eigenvalue weighted by atomic mass is 9.90. The van der Waals surface area contributed by atoms with Gasteiger partial charge in [0.1, 0.15) is 6.10 Å². The quantitative estimate of drug-likeness (QED) is 0.352. The largest absolute Gasteiger partial charge is 0.458 e. The van der Waals surface area contributed by atoms with E-state index >= 15 is 0 Å². The van der Waals surface area contributed by atoms with Crippen molar-refractivity contribution in [2.45, 2.75) is 63.8 Å². The van der Waals surface area contributed by atoms with Crippen molar-refractivity contribution in [1.82, 2.24) is 0 Å². The van der Waals surface area contributed by atoms with Gasteiger partial charge in [0.25, 0.3) is 0 Å². The molecule has 2 aliphatic carbocycles. The highest BCUT2D eigenvalue weighted by Crippen LogP contribution is 2.55. The number of carbonyl (C=O) groups is 2. The molecule has 4 atom stereocenters. The minimum absolute atomic E-state index is 0.0185. The Morgan fingerprint density at radius 1 is 1.13 bits per heavy atom. The maximum absolute atomic E-state index is 12.7. The third kappa shape index (κ3) is 4.68. The van der Waals surface area contributed by atoms with Gasteiger partial charge in [-0.05, 0) is 42.9 Å². The summed E-state index contributed by atoms with van der Waals surface area (Å²) in [5.74, 6) is 0.0846. The molecule has 1 aliphatic heterocycles. The van der Waals surface area contributed by atoms with Crippen LogP contribution in [0.25, 0.3) is 0 Å². The Hall–Kier alpha value is -1.98. The summed E-state index contributed by atoms with van der Waals surface area (Å²) in [5, 5.41) is 0. The molecule has 0 bridgehead atoms. The van der Waals surface area contributed by atoms with Crippen LogP contribution in [0.5, 0.6) is 0 Å². The van der Waals surface area contributed by atoms with E-state index in [1.165, 1.54) is 0 Å². The maximum Gasteiger partial charge on any atom is 0.338 e. The molecule has 30 heavy (non-hydrogen) atoms. The molecule has 0 aromatic heterocycles. The topological polar surface area (TPSA) is 61.8 Å². The van der Waals surface area contributed by atoms with Gasteiger partial charge in [-0.2, -0.15) is 0 Å². The van der Waals surface area contributed by atoms with E-state index in [1.807, 2.05) is 24.3 Å². The van der Waals surface area contributed by atoms with Gasteiger partial charge < -0.3 is 14.2 Å². The van der Waals surface area contributed by atoms with Crippen molar-refractivity contribution < 1.29 is 23.8 Å². The monoisotopic (exact) mass is 412 g/mol. The Morgan fingerprint density at radius 3 is 2.63 bits per heavy atom. The number of unbranched alkanes of at least 4 members (excludes halogenated alkanes) is 2. The normalized spacial score (nSPS) is 29.5. The van der Waals surface area contributed by atoms with E-state index in [-0.39, 0.29) is 23.8 Å². The second-order valence-electron chi connectivity index (χ2n) is 8.85.